The van der Waals surface area contributed by atoms with Crippen molar-refractivity contribution in [2.45, 2.75) is 39.5 Å². The van der Waals surface area contributed by atoms with E-state index >= 15 is 0 Å². The Hall–Kier alpha value is -3.87. The first-order chi connectivity index (χ1) is 16.4. The average Bonchev–Trinajstić information content (AvgIpc) is 2.86. The van der Waals surface area contributed by atoms with Gasteiger partial charge in [0.25, 0.3) is 5.91 Å². The second kappa shape index (κ2) is 11.8. The summed E-state index contributed by atoms with van der Waals surface area (Å²) >= 11 is 0. The predicted molar refractivity (Wildman–Crippen MR) is 131 cm³/mol. The lowest BCUT2D eigenvalue weighted by molar-refractivity contribution is -0.124. The highest BCUT2D eigenvalue weighted by Gasteiger charge is 2.26. The van der Waals surface area contributed by atoms with Crippen molar-refractivity contribution < 1.29 is 19.1 Å². The van der Waals surface area contributed by atoms with Gasteiger partial charge < -0.3 is 20.1 Å². The van der Waals surface area contributed by atoms with Gasteiger partial charge in [-0.05, 0) is 66.9 Å². The third-order valence-corrected chi connectivity index (χ3v) is 5.42. The van der Waals surface area contributed by atoms with E-state index in [2.05, 4.69) is 15.6 Å². The minimum atomic E-state index is -0.680. The maximum atomic E-state index is 13.0. The highest BCUT2D eigenvalue weighted by Crippen LogP contribution is 2.20. The molecular weight excluding hydrogens is 430 g/mol. The summed E-state index contributed by atoms with van der Waals surface area (Å²) in [5, 5.41) is 5.87. The lowest BCUT2D eigenvalue weighted by atomic mass is 10.0. The highest BCUT2D eigenvalue weighted by atomic mass is 16.5. The van der Waals surface area contributed by atoms with Crippen LogP contribution in [0.3, 0.4) is 0 Å². The fourth-order valence-corrected chi connectivity index (χ4v) is 3.40. The molecule has 2 unspecified atom stereocenters. The molecular formula is C27H31N3O4. The molecule has 1 heterocycles. The Morgan fingerprint density at radius 3 is 2.32 bits per heavy atom. The summed E-state index contributed by atoms with van der Waals surface area (Å²) in [5.41, 5.74) is 2.20. The molecule has 2 N–H and O–H groups in total. The minimum Gasteiger partial charge on any atom is -0.497 e. The van der Waals surface area contributed by atoms with Gasteiger partial charge in [0, 0.05) is 11.8 Å². The summed E-state index contributed by atoms with van der Waals surface area (Å²) < 4.78 is 11.0. The van der Waals surface area contributed by atoms with Crippen molar-refractivity contribution in [1.82, 2.24) is 15.6 Å². The van der Waals surface area contributed by atoms with E-state index in [9.17, 15) is 9.59 Å². The van der Waals surface area contributed by atoms with Gasteiger partial charge >= 0.3 is 0 Å². The van der Waals surface area contributed by atoms with Crippen molar-refractivity contribution in [1.29, 1.82) is 0 Å². The Morgan fingerprint density at radius 2 is 1.68 bits per heavy atom. The van der Waals surface area contributed by atoms with Gasteiger partial charge in [0.15, 0.2) is 0 Å². The zero-order valence-corrected chi connectivity index (χ0v) is 19.9. The van der Waals surface area contributed by atoms with E-state index in [4.69, 9.17) is 9.47 Å². The maximum absolute atomic E-state index is 13.0. The Labute approximate surface area is 200 Å². The van der Waals surface area contributed by atoms with Gasteiger partial charge in [-0.3, -0.25) is 14.6 Å². The third kappa shape index (κ3) is 6.81. The molecule has 0 aliphatic rings. The molecule has 7 nitrogen and oxygen atoms in total. The van der Waals surface area contributed by atoms with Gasteiger partial charge in [0.2, 0.25) is 5.91 Å². The molecule has 0 spiro atoms. The fourth-order valence-electron chi connectivity index (χ4n) is 3.40. The quantitative estimate of drug-likeness (QED) is 0.470. The number of nitrogens with one attached hydrogen (secondary N) is 2. The molecule has 0 radical (unpaired) electrons. The van der Waals surface area contributed by atoms with Gasteiger partial charge in [-0.25, -0.2) is 0 Å². The maximum Gasteiger partial charge on any atom is 0.251 e. The van der Waals surface area contributed by atoms with Crippen molar-refractivity contribution >= 4 is 11.8 Å². The van der Waals surface area contributed by atoms with Crippen LogP contribution >= 0.6 is 0 Å². The van der Waals surface area contributed by atoms with E-state index in [1.54, 1.807) is 37.6 Å². The van der Waals surface area contributed by atoms with Crippen molar-refractivity contribution in [2.24, 2.45) is 5.92 Å². The summed E-state index contributed by atoms with van der Waals surface area (Å²) in [5.74, 6) is 0.702. The lowest BCUT2D eigenvalue weighted by Crippen LogP contribution is -2.50. The largest absolute Gasteiger partial charge is 0.497 e. The van der Waals surface area contributed by atoms with Crippen LogP contribution in [-0.2, 0) is 11.4 Å². The van der Waals surface area contributed by atoms with E-state index in [1.807, 2.05) is 63.2 Å². The number of nitrogens with zero attached hydrogens (tertiary/aromatic N) is 1. The first kappa shape index (κ1) is 24.8. The number of carbonyl (C=O) groups excluding carboxylic acids is 2. The van der Waals surface area contributed by atoms with Gasteiger partial charge in [-0.2, -0.15) is 0 Å². The fraction of sp³-hybridized carbons (Fsp3) is 0.296. The van der Waals surface area contributed by atoms with Gasteiger partial charge in [0.1, 0.15) is 24.1 Å². The molecule has 3 aromatic rings. The van der Waals surface area contributed by atoms with Gasteiger partial charge in [-0.1, -0.05) is 32.0 Å². The number of hydrogen-bond donors (Lipinski definition) is 2. The number of pyridine rings is 1. The van der Waals surface area contributed by atoms with Crippen LogP contribution in [0.15, 0.2) is 72.9 Å². The van der Waals surface area contributed by atoms with Crippen molar-refractivity contribution in [3.05, 3.63) is 89.7 Å². The molecule has 0 bridgehead atoms. The lowest BCUT2D eigenvalue weighted by Gasteiger charge is -2.24. The summed E-state index contributed by atoms with van der Waals surface area (Å²) in [7, 11) is 1.57. The molecule has 0 aliphatic carbocycles. The zero-order valence-electron chi connectivity index (χ0n) is 19.9. The third-order valence-electron chi connectivity index (χ3n) is 5.42. The summed E-state index contributed by atoms with van der Waals surface area (Å²) in [6, 6.07) is 19.1. The Bertz CT molecular complexity index is 1080. The second-order valence-corrected chi connectivity index (χ2v) is 8.34. The van der Waals surface area contributed by atoms with Crippen LogP contribution in [0, 0.1) is 5.92 Å². The molecule has 7 heteroatoms. The Morgan fingerprint density at radius 1 is 0.912 bits per heavy atom. The molecule has 2 aromatic carbocycles. The van der Waals surface area contributed by atoms with Crippen LogP contribution in [-0.4, -0.2) is 29.9 Å². The van der Waals surface area contributed by atoms with E-state index in [-0.39, 0.29) is 23.8 Å². The molecule has 0 fully saturated rings. The van der Waals surface area contributed by atoms with Crippen LogP contribution in [0.25, 0.3) is 0 Å². The van der Waals surface area contributed by atoms with Crippen molar-refractivity contribution in [2.75, 3.05) is 7.11 Å². The number of hydrogen-bond acceptors (Lipinski definition) is 5. The average molecular weight is 462 g/mol. The minimum absolute atomic E-state index is 0.0950. The monoisotopic (exact) mass is 461 g/mol. The number of methoxy groups -OCH3 is 1. The summed E-state index contributed by atoms with van der Waals surface area (Å²) in [6.45, 7) is 6.06. The first-order valence-electron chi connectivity index (χ1n) is 11.3. The predicted octanol–water partition coefficient (Wildman–Crippen LogP) is 4.30. The molecule has 0 saturated carbocycles. The molecule has 3 rings (SSSR count). The Kier molecular flexibility index (Phi) is 8.62. The molecule has 178 valence electrons. The Balaban J connectivity index is 1.62. The molecule has 0 saturated heterocycles. The highest BCUT2D eigenvalue weighted by molar-refractivity contribution is 5.97. The smallest absolute Gasteiger partial charge is 0.251 e. The number of aromatic nitrogens is 1. The first-order valence-corrected chi connectivity index (χ1v) is 11.3. The number of ether oxygens (including phenoxy) is 2. The molecule has 34 heavy (non-hydrogen) atoms. The molecule has 0 aliphatic heterocycles. The van der Waals surface area contributed by atoms with Gasteiger partial charge in [0.05, 0.1) is 18.8 Å². The van der Waals surface area contributed by atoms with E-state index in [1.165, 1.54) is 0 Å². The standard InChI is InChI=1S/C27H31N3O4/c1-18(2)25(30-26(31)20-11-13-23(33-4)14-12-20)27(32)29-19(3)21-8-7-10-24(16-21)34-17-22-9-5-6-15-28-22/h5-16,18-19,25H,17H2,1-4H3,(H,29,32)(H,30,31). The van der Waals surface area contributed by atoms with Crippen LogP contribution in [0.5, 0.6) is 11.5 Å². The molecule has 2 amide bonds. The van der Waals surface area contributed by atoms with Crippen molar-refractivity contribution in [3.63, 3.8) is 0 Å². The van der Waals surface area contributed by atoms with Crippen LogP contribution in [0.1, 0.15) is 48.4 Å². The number of carbonyl (C=O) groups is 2. The number of rotatable bonds is 10. The number of benzene rings is 2. The van der Waals surface area contributed by atoms with E-state index in [0.717, 1.165) is 11.3 Å². The zero-order chi connectivity index (χ0) is 24.5. The number of amides is 2. The van der Waals surface area contributed by atoms with Gasteiger partial charge in [-0.15, -0.1) is 0 Å². The van der Waals surface area contributed by atoms with E-state index in [0.29, 0.717) is 23.7 Å². The van der Waals surface area contributed by atoms with Crippen molar-refractivity contribution in [3.8, 4) is 11.5 Å². The van der Waals surface area contributed by atoms with Crippen LogP contribution < -0.4 is 20.1 Å². The van der Waals surface area contributed by atoms with E-state index < -0.39 is 6.04 Å². The normalized spacial score (nSPS) is 12.5. The second-order valence-electron chi connectivity index (χ2n) is 8.34. The molecule has 1 aromatic heterocycles. The molecule has 2 atom stereocenters. The topological polar surface area (TPSA) is 89.5 Å². The summed E-state index contributed by atoms with van der Waals surface area (Å²) in [4.78, 5) is 30.0. The van der Waals surface area contributed by atoms with Crippen LogP contribution in [0.4, 0.5) is 0 Å². The summed E-state index contributed by atoms with van der Waals surface area (Å²) in [6.07, 6.45) is 1.73. The SMILES string of the molecule is COc1ccc(C(=O)NC(C(=O)NC(C)c2cccc(OCc3ccccn3)c2)C(C)C)cc1. The van der Waals surface area contributed by atoms with Crippen LogP contribution in [0.2, 0.25) is 0 Å².